The van der Waals surface area contributed by atoms with E-state index in [1.807, 2.05) is 0 Å². The number of esters is 1. The summed E-state index contributed by atoms with van der Waals surface area (Å²) in [7, 11) is 0. The van der Waals surface area contributed by atoms with Crippen molar-refractivity contribution in [1.29, 1.82) is 0 Å². The fourth-order valence-electron chi connectivity index (χ4n) is 2.23. The minimum atomic E-state index is -0.427. The lowest BCUT2D eigenvalue weighted by atomic mass is 10.0. The predicted octanol–water partition coefficient (Wildman–Crippen LogP) is 3.58. The van der Waals surface area contributed by atoms with Crippen LogP contribution in [0.4, 0.5) is 0 Å². The number of hydrogen-bond acceptors (Lipinski definition) is 4. The highest BCUT2D eigenvalue weighted by atomic mass is 16.6. The summed E-state index contributed by atoms with van der Waals surface area (Å²) in [4.78, 5) is 23.0. The Labute approximate surface area is 127 Å². The predicted molar refractivity (Wildman–Crippen MR) is 82.0 cm³/mol. The van der Waals surface area contributed by atoms with E-state index in [1.165, 1.54) is 5.57 Å². The van der Waals surface area contributed by atoms with Crippen LogP contribution in [0.3, 0.4) is 0 Å². The summed E-state index contributed by atoms with van der Waals surface area (Å²) in [6.45, 7) is 9.84. The summed E-state index contributed by atoms with van der Waals surface area (Å²) in [6.07, 6.45) is 5.29. The van der Waals surface area contributed by atoms with Crippen molar-refractivity contribution in [3.63, 3.8) is 0 Å². The molecule has 0 spiro atoms. The third-order valence-electron chi connectivity index (χ3n) is 3.59. The fourth-order valence-corrected chi connectivity index (χ4v) is 2.23. The van der Waals surface area contributed by atoms with Crippen molar-refractivity contribution in [1.82, 2.24) is 0 Å². The van der Waals surface area contributed by atoms with Crippen molar-refractivity contribution in [2.45, 2.75) is 84.5 Å². The molecular weight excluding hydrogens is 268 g/mol. The molecular formula is C17H28O4. The molecule has 0 amide bonds. The van der Waals surface area contributed by atoms with E-state index in [-0.39, 0.29) is 23.9 Å². The molecule has 4 heteroatoms. The number of carbonyl (C=O) groups is 2. The molecule has 120 valence electrons. The van der Waals surface area contributed by atoms with Crippen LogP contribution in [0.25, 0.3) is 0 Å². The van der Waals surface area contributed by atoms with E-state index in [0.29, 0.717) is 18.9 Å². The molecule has 1 saturated heterocycles. The van der Waals surface area contributed by atoms with Crippen LogP contribution in [0.5, 0.6) is 0 Å². The Morgan fingerprint density at radius 3 is 2.43 bits per heavy atom. The molecule has 4 nitrogen and oxygen atoms in total. The fraction of sp³-hybridized carbons (Fsp3) is 0.765. The molecule has 1 aliphatic heterocycles. The van der Waals surface area contributed by atoms with Gasteiger partial charge in [-0.1, -0.05) is 11.6 Å². The zero-order chi connectivity index (χ0) is 16.0. The summed E-state index contributed by atoms with van der Waals surface area (Å²) < 4.78 is 10.5. The van der Waals surface area contributed by atoms with Crippen LogP contribution in [-0.4, -0.2) is 29.6 Å². The molecule has 0 radical (unpaired) electrons. The second kappa shape index (κ2) is 7.74. The average Bonchev–Trinajstić information content (AvgIpc) is 2.93. The lowest BCUT2D eigenvalue weighted by molar-refractivity contribution is -0.149. The minimum Gasteiger partial charge on any atom is -0.463 e. The topological polar surface area (TPSA) is 55.9 Å². The summed E-state index contributed by atoms with van der Waals surface area (Å²) >= 11 is 0. The molecule has 0 aliphatic carbocycles. The Bertz CT molecular complexity index is 407. The molecule has 0 aromatic heterocycles. The first-order valence-electron chi connectivity index (χ1n) is 7.75. The number of hydrogen-bond donors (Lipinski definition) is 0. The van der Waals surface area contributed by atoms with Gasteiger partial charge >= 0.3 is 5.97 Å². The van der Waals surface area contributed by atoms with Gasteiger partial charge in [-0.15, -0.1) is 0 Å². The quantitative estimate of drug-likeness (QED) is 0.282. The van der Waals surface area contributed by atoms with Crippen molar-refractivity contribution in [3.05, 3.63) is 11.6 Å². The Morgan fingerprint density at radius 1 is 1.29 bits per heavy atom. The van der Waals surface area contributed by atoms with E-state index < -0.39 is 5.97 Å². The van der Waals surface area contributed by atoms with Crippen molar-refractivity contribution >= 4 is 11.8 Å². The maximum absolute atomic E-state index is 11.6. The van der Waals surface area contributed by atoms with Crippen LogP contribution in [-0.2, 0) is 19.1 Å². The first-order valence-corrected chi connectivity index (χ1v) is 7.75. The molecule has 1 heterocycles. The van der Waals surface area contributed by atoms with Gasteiger partial charge in [0.1, 0.15) is 12.2 Å². The van der Waals surface area contributed by atoms with Crippen LogP contribution in [0.15, 0.2) is 11.6 Å². The van der Waals surface area contributed by atoms with E-state index in [2.05, 4.69) is 26.8 Å². The number of rotatable bonds is 9. The smallest absolute Gasteiger partial charge is 0.313 e. The maximum atomic E-state index is 11.6. The molecule has 0 aromatic rings. The first kappa shape index (κ1) is 17.9. The Hall–Kier alpha value is -1.16. The van der Waals surface area contributed by atoms with E-state index in [0.717, 1.165) is 12.8 Å². The van der Waals surface area contributed by atoms with Crippen LogP contribution >= 0.6 is 0 Å². The second-order valence-electron chi connectivity index (χ2n) is 6.59. The second-order valence-corrected chi connectivity index (χ2v) is 6.59. The molecule has 0 bridgehead atoms. The zero-order valence-electron chi connectivity index (χ0n) is 13.9. The molecule has 0 saturated carbocycles. The van der Waals surface area contributed by atoms with Crippen LogP contribution in [0.1, 0.15) is 66.7 Å². The van der Waals surface area contributed by atoms with Gasteiger partial charge in [-0.2, -0.15) is 0 Å². The number of ketones is 1. The number of allylic oxidation sites excluding steroid dienone is 2. The van der Waals surface area contributed by atoms with Crippen molar-refractivity contribution in [2.24, 2.45) is 0 Å². The largest absolute Gasteiger partial charge is 0.463 e. The summed E-state index contributed by atoms with van der Waals surface area (Å²) in [6, 6.07) is 0. The summed E-state index contributed by atoms with van der Waals surface area (Å²) in [5.74, 6) is -0.486. The Kier molecular flexibility index (Phi) is 6.59. The monoisotopic (exact) mass is 296 g/mol. The van der Waals surface area contributed by atoms with Gasteiger partial charge in [0.05, 0.1) is 17.8 Å². The third kappa shape index (κ3) is 7.42. The van der Waals surface area contributed by atoms with Crippen LogP contribution in [0, 0.1) is 0 Å². The van der Waals surface area contributed by atoms with Gasteiger partial charge in [-0.25, -0.2) is 0 Å². The summed E-state index contributed by atoms with van der Waals surface area (Å²) in [5.41, 5.74) is 1.33. The molecule has 0 N–H and O–H groups in total. The lowest BCUT2D eigenvalue weighted by Gasteiger charge is -2.06. The van der Waals surface area contributed by atoms with Crippen molar-refractivity contribution < 1.29 is 19.1 Å². The normalized spacial score (nSPS) is 20.5. The Morgan fingerprint density at radius 2 is 1.90 bits per heavy atom. The number of ether oxygens (including phenoxy) is 2. The molecule has 1 unspecified atom stereocenters. The standard InChI is InChI=1S/C17H28O4/c1-12(2)20-16(19)11-14(18)8-6-7-13(3)9-10-15-17(4,5)21-15/h7,12,15H,6,8-11H2,1-5H3. The van der Waals surface area contributed by atoms with E-state index in [1.54, 1.807) is 13.8 Å². The summed E-state index contributed by atoms with van der Waals surface area (Å²) in [5, 5.41) is 0. The maximum Gasteiger partial charge on any atom is 0.313 e. The molecule has 1 atom stereocenters. The third-order valence-corrected chi connectivity index (χ3v) is 3.59. The Balaban J connectivity index is 2.14. The van der Waals surface area contributed by atoms with Crippen LogP contribution < -0.4 is 0 Å². The van der Waals surface area contributed by atoms with Gasteiger partial charge in [0.2, 0.25) is 0 Å². The molecule has 1 rings (SSSR count). The first-order chi connectivity index (χ1) is 9.70. The van der Waals surface area contributed by atoms with Gasteiger partial charge in [0, 0.05) is 6.42 Å². The number of Topliss-reactive ketones (excluding diaryl/α,β-unsaturated/α-hetero) is 1. The molecule has 21 heavy (non-hydrogen) atoms. The van der Waals surface area contributed by atoms with E-state index in [4.69, 9.17) is 9.47 Å². The van der Waals surface area contributed by atoms with E-state index >= 15 is 0 Å². The highest BCUT2D eigenvalue weighted by Gasteiger charge is 2.46. The minimum absolute atomic E-state index is 0.0486. The van der Waals surface area contributed by atoms with Gasteiger partial charge in [0.25, 0.3) is 0 Å². The van der Waals surface area contributed by atoms with Gasteiger partial charge in [0.15, 0.2) is 0 Å². The van der Waals surface area contributed by atoms with Gasteiger partial charge in [-0.3, -0.25) is 9.59 Å². The highest BCUT2D eigenvalue weighted by molar-refractivity contribution is 5.95. The van der Waals surface area contributed by atoms with Crippen molar-refractivity contribution in [2.75, 3.05) is 0 Å². The SMILES string of the molecule is CC(=CCCC(=O)CC(=O)OC(C)C)CCC1OC1(C)C. The zero-order valence-corrected chi connectivity index (χ0v) is 13.9. The molecule has 1 fully saturated rings. The van der Waals surface area contributed by atoms with Crippen LogP contribution in [0.2, 0.25) is 0 Å². The molecule has 1 aliphatic rings. The number of epoxide rings is 1. The van der Waals surface area contributed by atoms with Gasteiger partial charge in [-0.05, 0) is 53.9 Å². The molecule has 0 aromatic carbocycles. The highest BCUT2D eigenvalue weighted by Crippen LogP contribution is 2.38. The van der Waals surface area contributed by atoms with Crippen molar-refractivity contribution in [3.8, 4) is 0 Å². The average molecular weight is 296 g/mol. The van der Waals surface area contributed by atoms with Gasteiger partial charge < -0.3 is 9.47 Å². The van der Waals surface area contributed by atoms with E-state index in [9.17, 15) is 9.59 Å². The number of carbonyl (C=O) groups excluding carboxylic acids is 2. The lowest BCUT2D eigenvalue weighted by Crippen LogP contribution is -2.15.